The Morgan fingerprint density at radius 2 is 2.17 bits per heavy atom. The Balaban J connectivity index is 1.77. The maximum Gasteiger partial charge on any atom is 0.408 e. The van der Waals surface area contributed by atoms with Crippen molar-refractivity contribution in [3.8, 4) is 0 Å². The molecule has 3 heterocycles. The Kier molecular flexibility index (Phi) is 6.44. The minimum Gasteiger partial charge on any atom is -0.614 e. The summed E-state index contributed by atoms with van der Waals surface area (Å²) in [7, 11) is 0. The van der Waals surface area contributed by atoms with Gasteiger partial charge in [0.05, 0.1) is 0 Å². The van der Waals surface area contributed by atoms with Crippen molar-refractivity contribution in [2.45, 2.75) is 42.8 Å². The van der Waals surface area contributed by atoms with Gasteiger partial charge in [0.2, 0.25) is 5.37 Å². The molecule has 1 saturated heterocycles. The average molecular weight is 452 g/mol. The van der Waals surface area contributed by atoms with Crippen LogP contribution in [-0.2, 0) is 25.5 Å². The molecule has 0 radical (unpaired) electrons. The van der Waals surface area contributed by atoms with E-state index in [1.54, 1.807) is 44.5 Å². The van der Waals surface area contributed by atoms with Gasteiger partial charge in [0.25, 0.3) is 5.91 Å². The first-order chi connectivity index (χ1) is 14.1. The van der Waals surface area contributed by atoms with Gasteiger partial charge >= 0.3 is 12.1 Å². The van der Waals surface area contributed by atoms with Gasteiger partial charge in [-0.05, 0) is 55.6 Å². The fourth-order valence-electron chi connectivity index (χ4n) is 2.97. The van der Waals surface area contributed by atoms with E-state index in [0.717, 1.165) is 4.90 Å². The number of rotatable bonds is 5. The van der Waals surface area contributed by atoms with Gasteiger partial charge in [-0.15, -0.1) is 0 Å². The standard InChI is InChI=1S/C19H21N3O6S2/c1-19(2,3)28-18(26)21-13-15(23)22-14(17(24)25)11(10-30(27)16(13)22)7-9-29-12-6-4-5-8-20-12/h4-9,13,16H,10H2,1-3H3,(H,21,26)(H,24,25)/t13?,16-,30?/m0/s1. The molecule has 0 aromatic carbocycles. The SMILES string of the molecule is CC(C)(C)OC(=O)NC1C(=O)N2C(C(=O)O)=C(C=CSc3ccccn3)C[S+]([O-])[C@@H]12. The van der Waals surface area contributed by atoms with Crippen LogP contribution < -0.4 is 5.32 Å². The Bertz CT molecular complexity index is 913. The quantitative estimate of drug-likeness (QED) is 0.394. The van der Waals surface area contributed by atoms with E-state index in [-0.39, 0.29) is 17.0 Å². The van der Waals surface area contributed by atoms with Crippen LogP contribution in [0.5, 0.6) is 0 Å². The summed E-state index contributed by atoms with van der Waals surface area (Å²) in [5, 5.41) is 13.5. The third kappa shape index (κ3) is 4.79. The predicted molar refractivity (Wildman–Crippen MR) is 111 cm³/mol. The van der Waals surface area contributed by atoms with Gasteiger partial charge in [-0.2, -0.15) is 0 Å². The molecule has 1 aromatic heterocycles. The first-order valence-corrected chi connectivity index (χ1v) is 11.2. The van der Waals surface area contributed by atoms with Crippen LogP contribution in [0.4, 0.5) is 4.79 Å². The Hall–Kier alpha value is -2.50. The lowest BCUT2D eigenvalue weighted by atomic mass is 10.0. The van der Waals surface area contributed by atoms with Crippen molar-refractivity contribution in [2.75, 3.05) is 5.75 Å². The molecule has 0 spiro atoms. The van der Waals surface area contributed by atoms with Crippen molar-refractivity contribution in [3.63, 3.8) is 0 Å². The Morgan fingerprint density at radius 1 is 1.43 bits per heavy atom. The summed E-state index contributed by atoms with van der Waals surface area (Å²) in [5.74, 6) is -2.00. The molecule has 2 aliphatic rings. The van der Waals surface area contributed by atoms with E-state index in [0.29, 0.717) is 5.03 Å². The molecule has 11 heteroatoms. The van der Waals surface area contributed by atoms with E-state index in [9.17, 15) is 24.0 Å². The topological polar surface area (TPSA) is 132 Å². The van der Waals surface area contributed by atoms with Gasteiger partial charge in [-0.3, -0.25) is 9.69 Å². The molecule has 2 amide bonds. The Morgan fingerprint density at radius 3 is 2.77 bits per heavy atom. The second-order valence-corrected chi connectivity index (χ2v) is 9.97. The number of carbonyl (C=O) groups excluding carboxylic acids is 2. The number of ether oxygens (including phenoxy) is 1. The first-order valence-electron chi connectivity index (χ1n) is 8.99. The number of nitrogens with one attached hydrogen (secondary N) is 1. The van der Waals surface area contributed by atoms with Crippen LogP contribution >= 0.6 is 11.8 Å². The number of aliphatic carboxylic acids is 1. The third-order valence-corrected chi connectivity index (χ3v) is 6.50. The van der Waals surface area contributed by atoms with E-state index in [1.165, 1.54) is 17.8 Å². The zero-order valence-corrected chi connectivity index (χ0v) is 18.2. The van der Waals surface area contributed by atoms with Crippen molar-refractivity contribution >= 4 is 40.9 Å². The van der Waals surface area contributed by atoms with Crippen molar-refractivity contribution in [2.24, 2.45) is 0 Å². The fraction of sp³-hybridized carbons (Fsp3) is 0.368. The largest absolute Gasteiger partial charge is 0.614 e. The molecular weight excluding hydrogens is 430 g/mol. The zero-order chi connectivity index (χ0) is 22.1. The van der Waals surface area contributed by atoms with Crippen molar-refractivity contribution in [3.05, 3.63) is 47.2 Å². The van der Waals surface area contributed by atoms with Gasteiger partial charge in [-0.25, -0.2) is 14.6 Å². The van der Waals surface area contributed by atoms with E-state index in [2.05, 4.69) is 10.3 Å². The molecule has 3 rings (SSSR count). The number of thioether (sulfide) groups is 1. The highest BCUT2D eigenvalue weighted by molar-refractivity contribution is 8.02. The number of β-lactam (4-membered cyclic amide) rings is 1. The number of alkyl carbamates (subject to hydrolysis) is 1. The molecule has 160 valence electrons. The summed E-state index contributed by atoms with van der Waals surface area (Å²) in [6, 6.07) is 4.30. The normalized spacial score (nSPS) is 23.8. The molecule has 30 heavy (non-hydrogen) atoms. The fourth-order valence-corrected chi connectivity index (χ4v) is 5.26. The molecule has 1 aromatic rings. The zero-order valence-electron chi connectivity index (χ0n) is 16.5. The van der Waals surface area contributed by atoms with E-state index >= 15 is 0 Å². The first kappa shape index (κ1) is 22.2. The van der Waals surface area contributed by atoms with Crippen molar-refractivity contribution in [1.82, 2.24) is 15.2 Å². The maximum absolute atomic E-state index is 12.7. The molecule has 2 aliphatic heterocycles. The number of hydrogen-bond donors (Lipinski definition) is 2. The molecule has 9 nitrogen and oxygen atoms in total. The number of nitrogens with zero attached hydrogens (tertiary/aromatic N) is 2. The number of allylic oxidation sites excluding steroid dienone is 1. The van der Waals surface area contributed by atoms with Crippen molar-refractivity contribution in [1.29, 1.82) is 0 Å². The smallest absolute Gasteiger partial charge is 0.408 e. The van der Waals surface area contributed by atoms with Crippen LogP contribution in [0.2, 0.25) is 0 Å². The van der Waals surface area contributed by atoms with Gasteiger partial charge in [0.1, 0.15) is 22.1 Å². The second-order valence-electron chi connectivity index (χ2n) is 7.52. The monoisotopic (exact) mass is 451 g/mol. The molecule has 0 saturated carbocycles. The number of carboxylic acids is 1. The van der Waals surface area contributed by atoms with Crippen LogP contribution in [0.25, 0.3) is 0 Å². The number of fused-ring (bicyclic) bond motifs is 1. The third-order valence-electron chi connectivity index (χ3n) is 4.13. The van der Waals surface area contributed by atoms with Gasteiger partial charge < -0.3 is 19.7 Å². The highest BCUT2D eigenvalue weighted by Gasteiger charge is 2.61. The number of hydrogen-bond acceptors (Lipinski definition) is 7. The molecule has 2 unspecified atom stereocenters. The van der Waals surface area contributed by atoms with Crippen LogP contribution in [0.1, 0.15) is 20.8 Å². The molecule has 3 atom stereocenters. The predicted octanol–water partition coefficient (Wildman–Crippen LogP) is 1.85. The lowest BCUT2D eigenvalue weighted by Gasteiger charge is -2.48. The van der Waals surface area contributed by atoms with E-state index < -0.39 is 46.2 Å². The Labute approximate surface area is 180 Å². The van der Waals surface area contributed by atoms with E-state index in [1.807, 2.05) is 6.07 Å². The maximum atomic E-state index is 12.7. The van der Waals surface area contributed by atoms with Crippen LogP contribution in [0, 0.1) is 0 Å². The van der Waals surface area contributed by atoms with Crippen LogP contribution in [0.15, 0.2) is 52.2 Å². The summed E-state index contributed by atoms with van der Waals surface area (Å²) in [6.45, 7) is 5.02. The minimum atomic E-state index is -1.60. The molecule has 2 N–H and O–H groups in total. The van der Waals surface area contributed by atoms with Gasteiger partial charge in [0.15, 0.2) is 6.04 Å². The number of pyridine rings is 1. The lowest BCUT2D eigenvalue weighted by Crippen LogP contribution is -2.74. The van der Waals surface area contributed by atoms with Gasteiger partial charge in [-0.1, -0.05) is 17.8 Å². The molecular formula is C19H21N3O6S2. The average Bonchev–Trinajstić information content (AvgIpc) is 2.65. The number of aromatic nitrogens is 1. The minimum absolute atomic E-state index is 0.0537. The number of carboxylic acid groups (broad SMARTS) is 1. The summed E-state index contributed by atoms with van der Waals surface area (Å²) >= 11 is -0.327. The van der Waals surface area contributed by atoms with Crippen LogP contribution in [-0.4, -0.2) is 60.3 Å². The highest BCUT2D eigenvalue weighted by Crippen LogP contribution is 2.37. The summed E-state index contributed by atoms with van der Waals surface area (Å²) in [6.07, 6.45) is 2.34. The van der Waals surface area contributed by atoms with Crippen molar-refractivity contribution < 1.29 is 28.8 Å². The van der Waals surface area contributed by atoms with E-state index in [4.69, 9.17) is 4.74 Å². The number of carbonyl (C=O) groups is 3. The summed E-state index contributed by atoms with van der Waals surface area (Å²) < 4.78 is 17.9. The molecule has 0 bridgehead atoms. The lowest BCUT2D eigenvalue weighted by molar-refractivity contribution is -0.149. The number of amides is 2. The van der Waals surface area contributed by atoms with Crippen LogP contribution in [0.3, 0.4) is 0 Å². The molecule has 1 fully saturated rings. The highest BCUT2D eigenvalue weighted by atomic mass is 32.2. The summed E-state index contributed by atoms with van der Waals surface area (Å²) in [4.78, 5) is 41.5. The summed E-state index contributed by atoms with van der Waals surface area (Å²) in [5.41, 5.74) is -0.730. The molecule has 0 aliphatic carbocycles. The van der Waals surface area contributed by atoms with Gasteiger partial charge in [0, 0.05) is 11.8 Å². The second kappa shape index (κ2) is 8.70.